The number of halogens is 1. The van der Waals surface area contributed by atoms with Crippen molar-refractivity contribution in [2.75, 3.05) is 25.6 Å². The molecule has 9 heteroatoms. The van der Waals surface area contributed by atoms with Gasteiger partial charge in [0.2, 0.25) is 0 Å². The number of ether oxygens (including phenoxy) is 3. The third-order valence-electron chi connectivity index (χ3n) is 6.93. The van der Waals surface area contributed by atoms with Crippen molar-refractivity contribution >= 4 is 39.3 Å². The Labute approximate surface area is 252 Å². The minimum Gasteiger partial charge on any atom is -0.493 e. The van der Waals surface area contributed by atoms with Crippen LogP contribution in [0.3, 0.4) is 0 Å². The molecule has 0 aliphatic rings. The molecule has 0 spiro atoms. The fraction of sp³-hybridized carbons (Fsp3) is 0.531. The summed E-state index contributed by atoms with van der Waals surface area (Å²) in [5.41, 5.74) is 2.08. The highest BCUT2D eigenvalue weighted by Gasteiger charge is 2.18. The normalized spacial score (nSPS) is 11.0. The molecule has 0 atom stereocenters. The zero-order chi connectivity index (χ0) is 29.5. The number of imidazole rings is 1. The van der Waals surface area contributed by atoms with E-state index in [0.29, 0.717) is 41.7 Å². The molecule has 0 aliphatic carbocycles. The molecule has 41 heavy (non-hydrogen) atoms. The molecule has 2 aromatic heterocycles. The first kappa shape index (κ1) is 32.4. The Morgan fingerprint density at radius 1 is 0.878 bits per heavy atom. The fourth-order valence-corrected chi connectivity index (χ4v) is 5.10. The first-order valence-electron chi connectivity index (χ1n) is 14.9. The van der Waals surface area contributed by atoms with Crippen LogP contribution in [0.25, 0.3) is 16.9 Å². The summed E-state index contributed by atoms with van der Waals surface area (Å²) in [6.45, 7) is 4.32. The number of esters is 2. The third kappa shape index (κ3) is 10.4. The van der Waals surface area contributed by atoms with E-state index in [1.165, 1.54) is 51.4 Å². The number of hydrogen-bond donors (Lipinski definition) is 1. The Hall–Kier alpha value is -3.07. The number of rotatable bonds is 19. The van der Waals surface area contributed by atoms with Crippen molar-refractivity contribution in [3.63, 3.8) is 0 Å². The summed E-state index contributed by atoms with van der Waals surface area (Å²) in [6, 6.07) is 9.13. The zero-order valence-electron chi connectivity index (χ0n) is 24.7. The molecule has 3 aromatic rings. The van der Waals surface area contributed by atoms with Gasteiger partial charge < -0.3 is 19.5 Å². The number of pyridine rings is 1. The summed E-state index contributed by atoms with van der Waals surface area (Å²) in [7, 11) is 1.54. The number of aromatic nitrogens is 2. The van der Waals surface area contributed by atoms with Crippen LogP contribution < -0.4 is 14.8 Å². The monoisotopic (exact) mass is 629 g/mol. The van der Waals surface area contributed by atoms with Gasteiger partial charge in [-0.1, -0.05) is 71.1 Å². The molecule has 0 unspecified atom stereocenters. The number of carbonyl (C=O) groups is 2. The van der Waals surface area contributed by atoms with Crippen LogP contribution in [-0.2, 0) is 14.3 Å². The number of anilines is 1. The SMILES string of the molecule is CCCCCCCCCCCCCC(=O)Oc1ccc(-c2nc3ccc(Br)cn3c2NCC(=O)OCC)cc1OC. The number of benzene rings is 1. The van der Waals surface area contributed by atoms with Crippen LogP contribution >= 0.6 is 15.9 Å². The van der Waals surface area contributed by atoms with E-state index in [1.54, 1.807) is 26.2 Å². The van der Waals surface area contributed by atoms with Crippen molar-refractivity contribution in [2.24, 2.45) is 0 Å². The highest BCUT2D eigenvalue weighted by Crippen LogP contribution is 2.36. The lowest BCUT2D eigenvalue weighted by Crippen LogP contribution is -2.17. The molecule has 8 nitrogen and oxygen atoms in total. The molecular formula is C32H44BrN3O5. The lowest BCUT2D eigenvalue weighted by molar-refractivity contribution is -0.141. The van der Waals surface area contributed by atoms with Crippen LogP contribution in [0.1, 0.15) is 90.9 Å². The molecule has 0 saturated carbocycles. The molecule has 0 saturated heterocycles. The van der Waals surface area contributed by atoms with Crippen molar-refractivity contribution in [1.82, 2.24) is 9.38 Å². The van der Waals surface area contributed by atoms with E-state index < -0.39 is 0 Å². The summed E-state index contributed by atoms with van der Waals surface area (Å²) < 4.78 is 19.0. The predicted octanol–water partition coefficient (Wildman–Crippen LogP) is 8.35. The Morgan fingerprint density at radius 3 is 2.22 bits per heavy atom. The summed E-state index contributed by atoms with van der Waals surface area (Å²) >= 11 is 3.50. The van der Waals surface area contributed by atoms with E-state index in [2.05, 4.69) is 28.2 Å². The number of fused-ring (bicyclic) bond motifs is 1. The predicted molar refractivity (Wildman–Crippen MR) is 167 cm³/mol. The summed E-state index contributed by atoms with van der Waals surface area (Å²) in [4.78, 5) is 29.4. The highest BCUT2D eigenvalue weighted by atomic mass is 79.9. The molecule has 0 bridgehead atoms. The van der Waals surface area contributed by atoms with Gasteiger partial charge in [0.1, 0.15) is 23.7 Å². The zero-order valence-corrected chi connectivity index (χ0v) is 26.3. The second-order valence-electron chi connectivity index (χ2n) is 10.2. The van der Waals surface area contributed by atoms with Gasteiger partial charge in [0, 0.05) is 22.7 Å². The van der Waals surface area contributed by atoms with E-state index in [9.17, 15) is 9.59 Å². The van der Waals surface area contributed by atoms with E-state index in [0.717, 1.165) is 29.3 Å². The number of hydrogen-bond acceptors (Lipinski definition) is 7. The third-order valence-corrected chi connectivity index (χ3v) is 7.40. The van der Waals surface area contributed by atoms with E-state index in [4.69, 9.17) is 19.2 Å². The maximum atomic E-state index is 12.5. The van der Waals surface area contributed by atoms with Gasteiger partial charge >= 0.3 is 11.9 Å². The summed E-state index contributed by atoms with van der Waals surface area (Å²) in [5, 5.41) is 3.16. The largest absolute Gasteiger partial charge is 0.493 e. The molecular weight excluding hydrogens is 586 g/mol. The van der Waals surface area contributed by atoms with Crippen molar-refractivity contribution in [2.45, 2.75) is 90.9 Å². The second-order valence-corrected chi connectivity index (χ2v) is 11.1. The smallest absolute Gasteiger partial charge is 0.325 e. The molecule has 0 amide bonds. The Kier molecular flexibility index (Phi) is 14.0. The highest BCUT2D eigenvalue weighted by molar-refractivity contribution is 9.10. The van der Waals surface area contributed by atoms with Crippen LogP contribution in [0, 0.1) is 0 Å². The van der Waals surface area contributed by atoms with Crippen molar-refractivity contribution < 1.29 is 23.8 Å². The van der Waals surface area contributed by atoms with Gasteiger partial charge in [0.05, 0.1) is 13.7 Å². The van der Waals surface area contributed by atoms with Gasteiger partial charge in [-0.15, -0.1) is 0 Å². The quantitative estimate of drug-likeness (QED) is 0.0809. The van der Waals surface area contributed by atoms with E-state index in [1.807, 2.05) is 28.8 Å². The number of carbonyl (C=O) groups excluding carboxylic acids is 2. The summed E-state index contributed by atoms with van der Waals surface area (Å²) in [5.74, 6) is 0.821. The number of nitrogens with one attached hydrogen (secondary N) is 1. The van der Waals surface area contributed by atoms with Crippen LogP contribution in [0.2, 0.25) is 0 Å². The van der Waals surface area contributed by atoms with Gasteiger partial charge in [-0.2, -0.15) is 0 Å². The average molecular weight is 631 g/mol. The van der Waals surface area contributed by atoms with Crippen LogP contribution in [0.4, 0.5) is 5.82 Å². The van der Waals surface area contributed by atoms with Gasteiger partial charge in [0.25, 0.3) is 0 Å². The molecule has 2 heterocycles. The average Bonchev–Trinajstić information content (AvgIpc) is 3.32. The fourth-order valence-electron chi connectivity index (χ4n) is 4.76. The van der Waals surface area contributed by atoms with Crippen LogP contribution in [0.5, 0.6) is 11.5 Å². The second kappa shape index (κ2) is 17.7. The first-order chi connectivity index (χ1) is 20.0. The van der Waals surface area contributed by atoms with Gasteiger partial charge in [-0.05, 0) is 59.6 Å². The summed E-state index contributed by atoms with van der Waals surface area (Å²) in [6.07, 6.45) is 15.8. The maximum absolute atomic E-state index is 12.5. The van der Waals surface area contributed by atoms with Gasteiger partial charge in [0.15, 0.2) is 11.5 Å². The standard InChI is InChI=1S/C32H44BrN3O5/c1-4-6-7-8-9-10-11-12-13-14-15-16-29(37)41-26-19-17-24(21-27(26)39-3)31-32(34-22-30(38)40-5-2)36-23-25(33)18-20-28(36)35-31/h17-21,23,34H,4-16,22H2,1-3H3. The molecule has 1 aromatic carbocycles. The number of nitrogens with zero attached hydrogens (tertiary/aromatic N) is 2. The first-order valence-corrected chi connectivity index (χ1v) is 15.7. The molecule has 3 rings (SSSR count). The van der Waals surface area contributed by atoms with Crippen LogP contribution in [0.15, 0.2) is 41.0 Å². The molecule has 1 N–H and O–H groups in total. The van der Waals surface area contributed by atoms with Gasteiger partial charge in [-0.3, -0.25) is 14.0 Å². The lowest BCUT2D eigenvalue weighted by Gasteiger charge is -2.12. The minimum absolute atomic E-state index is 0.00692. The number of methoxy groups -OCH3 is 1. The molecule has 0 aliphatic heterocycles. The lowest BCUT2D eigenvalue weighted by atomic mass is 10.1. The Bertz CT molecular complexity index is 1260. The molecule has 0 fully saturated rings. The van der Waals surface area contributed by atoms with Crippen molar-refractivity contribution in [3.8, 4) is 22.8 Å². The van der Waals surface area contributed by atoms with E-state index >= 15 is 0 Å². The van der Waals surface area contributed by atoms with Crippen molar-refractivity contribution in [1.29, 1.82) is 0 Å². The van der Waals surface area contributed by atoms with Gasteiger partial charge in [-0.25, -0.2) is 4.98 Å². The van der Waals surface area contributed by atoms with Crippen LogP contribution in [-0.4, -0.2) is 41.6 Å². The van der Waals surface area contributed by atoms with E-state index in [-0.39, 0.29) is 18.5 Å². The Morgan fingerprint density at radius 2 is 1.56 bits per heavy atom. The Balaban J connectivity index is 1.57. The molecule has 224 valence electrons. The topological polar surface area (TPSA) is 91.2 Å². The maximum Gasteiger partial charge on any atom is 0.325 e. The molecule has 0 radical (unpaired) electrons. The van der Waals surface area contributed by atoms with Crippen molar-refractivity contribution in [3.05, 3.63) is 41.0 Å². The minimum atomic E-state index is -0.360. The number of unbranched alkanes of at least 4 members (excludes halogenated alkanes) is 10.